The number of fused-ring (bicyclic) bond motifs is 1. The molecular weight excluding hydrogens is 268 g/mol. The van der Waals surface area contributed by atoms with Gasteiger partial charge < -0.3 is 12.4 Å². The Morgan fingerprint density at radius 3 is 3.11 bits per heavy atom. The van der Waals surface area contributed by atoms with Crippen LogP contribution in [0.25, 0.3) is 0 Å². The van der Waals surface area contributed by atoms with Crippen LogP contribution in [-0.4, -0.2) is 16.6 Å². The van der Waals surface area contributed by atoms with Gasteiger partial charge in [0.1, 0.15) is 0 Å². The number of rotatable bonds is 1. The molecular formula is C13H13ClN2OS. The third kappa shape index (κ3) is 2.31. The maximum absolute atomic E-state index is 12.0. The summed E-state index contributed by atoms with van der Waals surface area (Å²) >= 11 is 1.79. The fourth-order valence-corrected chi connectivity index (χ4v) is 3.25. The average Bonchev–Trinajstić information content (AvgIpc) is 2.66. The highest BCUT2D eigenvalue weighted by Gasteiger charge is 2.37. The van der Waals surface area contributed by atoms with Gasteiger partial charge in [0.25, 0.3) is 0 Å². The summed E-state index contributed by atoms with van der Waals surface area (Å²) in [7, 11) is 0. The lowest BCUT2D eigenvalue weighted by Gasteiger charge is -2.19. The number of thioether (sulfide) groups is 1. The zero-order valence-electron chi connectivity index (χ0n) is 9.70. The van der Waals surface area contributed by atoms with Crippen molar-refractivity contribution in [1.82, 2.24) is 4.90 Å². The van der Waals surface area contributed by atoms with E-state index in [4.69, 9.17) is 0 Å². The Bertz CT molecular complexity index is 515. The zero-order valence-corrected chi connectivity index (χ0v) is 11.3. The molecule has 2 aliphatic rings. The molecule has 0 fully saturated rings. The fraction of sp³-hybridized carbons (Fsp3) is 0.231. The third-order valence-corrected chi connectivity index (χ3v) is 4.06. The predicted molar refractivity (Wildman–Crippen MR) is 66.1 cm³/mol. The lowest BCUT2D eigenvalue weighted by Crippen LogP contribution is -3.00. The molecule has 0 spiro atoms. The maximum atomic E-state index is 12.0. The second-order valence-corrected chi connectivity index (χ2v) is 5.05. The summed E-state index contributed by atoms with van der Waals surface area (Å²) in [6.45, 7) is 0. The highest BCUT2D eigenvalue weighted by Crippen LogP contribution is 2.28. The summed E-state index contributed by atoms with van der Waals surface area (Å²) in [4.78, 5) is 13.8. The van der Waals surface area contributed by atoms with Crippen LogP contribution in [0.4, 0.5) is 0 Å². The molecule has 0 saturated carbocycles. The van der Waals surface area contributed by atoms with Crippen LogP contribution >= 0.6 is 11.8 Å². The van der Waals surface area contributed by atoms with Gasteiger partial charge in [-0.2, -0.15) is 4.57 Å². The Kier molecular flexibility index (Phi) is 4.09. The van der Waals surface area contributed by atoms with E-state index in [0.29, 0.717) is 6.42 Å². The van der Waals surface area contributed by atoms with Crippen molar-refractivity contribution in [3.8, 4) is 0 Å². The van der Waals surface area contributed by atoms with Gasteiger partial charge in [-0.15, -0.1) is 0 Å². The van der Waals surface area contributed by atoms with Gasteiger partial charge >= 0.3 is 0 Å². The fourth-order valence-electron chi connectivity index (χ4n) is 2.11. The second-order valence-electron chi connectivity index (χ2n) is 4.01. The topological polar surface area (TPSA) is 24.2 Å². The van der Waals surface area contributed by atoms with Crippen molar-refractivity contribution < 1.29 is 21.8 Å². The van der Waals surface area contributed by atoms with Crippen molar-refractivity contribution in [3.05, 3.63) is 48.8 Å². The molecule has 1 aromatic heterocycles. The van der Waals surface area contributed by atoms with Crippen molar-refractivity contribution in [2.24, 2.45) is 0 Å². The van der Waals surface area contributed by atoms with Crippen molar-refractivity contribution in [3.63, 3.8) is 0 Å². The van der Waals surface area contributed by atoms with E-state index < -0.39 is 0 Å². The number of allylic oxidation sites excluding steroid dienone is 2. The Morgan fingerprint density at radius 2 is 2.22 bits per heavy atom. The minimum absolute atomic E-state index is 0. The van der Waals surface area contributed by atoms with Crippen LogP contribution in [0, 0.1) is 0 Å². The SMILES string of the molecule is O=C1CC=CC=CN1C1CSc2cccc[n+]21.[Cl-]. The van der Waals surface area contributed by atoms with Crippen LogP contribution in [0.1, 0.15) is 12.6 Å². The van der Waals surface area contributed by atoms with Crippen molar-refractivity contribution in [1.29, 1.82) is 0 Å². The molecule has 0 radical (unpaired) electrons. The van der Waals surface area contributed by atoms with Gasteiger partial charge in [-0.05, 0) is 23.9 Å². The average molecular weight is 281 g/mol. The minimum atomic E-state index is 0. The Morgan fingerprint density at radius 1 is 1.33 bits per heavy atom. The molecule has 0 saturated heterocycles. The first-order valence-electron chi connectivity index (χ1n) is 5.64. The van der Waals surface area contributed by atoms with E-state index in [1.54, 1.807) is 11.8 Å². The number of aromatic nitrogens is 1. The van der Waals surface area contributed by atoms with Crippen LogP contribution in [0.3, 0.4) is 0 Å². The molecule has 0 N–H and O–H groups in total. The van der Waals surface area contributed by atoms with Crippen molar-refractivity contribution >= 4 is 17.7 Å². The Labute approximate surface area is 117 Å². The number of carbonyl (C=O) groups excluding carboxylic acids is 1. The van der Waals surface area contributed by atoms with E-state index in [2.05, 4.69) is 10.6 Å². The minimum Gasteiger partial charge on any atom is -1.00 e. The summed E-state index contributed by atoms with van der Waals surface area (Å²) in [5.74, 6) is 1.07. The standard InChI is InChI=1S/C13H13N2OS.ClH/c16-12-6-2-1-4-8-14(12)11-10-17-13-7-3-5-9-15(11)13;/h1-5,7-9,11H,6,10H2;1H/q+1;/p-1. The van der Waals surface area contributed by atoms with E-state index in [0.717, 1.165) is 5.75 Å². The van der Waals surface area contributed by atoms with Crippen molar-refractivity contribution in [2.75, 3.05) is 5.75 Å². The van der Waals surface area contributed by atoms with Gasteiger partial charge in [0.2, 0.25) is 17.1 Å². The highest BCUT2D eigenvalue weighted by atomic mass is 35.5. The summed E-state index contributed by atoms with van der Waals surface area (Å²) in [6, 6.07) is 6.13. The van der Waals surface area contributed by atoms with Gasteiger partial charge in [0.15, 0.2) is 6.20 Å². The molecule has 0 aromatic carbocycles. The van der Waals surface area contributed by atoms with E-state index in [1.165, 1.54) is 5.03 Å². The first-order valence-corrected chi connectivity index (χ1v) is 6.62. The molecule has 1 amide bonds. The quantitative estimate of drug-likeness (QED) is 0.609. The van der Waals surface area contributed by atoms with Crippen LogP contribution in [-0.2, 0) is 4.79 Å². The normalized spacial score (nSPS) is 21.4. The lowest BCUT2D eigenvalue weighted by molar-refractivity contribution is -0.761. The predicted octanol–water partition coefficient (Wildman–Crippen LogP) is -1.12. The van der Waals surface area contributed by atoms with E-state index >= 15 is 0 Å². The molecule has 18 heavy (non-hydrogen) atoms. The summed E-state index contributed by atoms with van der Waals surface area (Å²) in [6.07, 6.45) is 10.3. The summed E-state index contributed by atoms with van der Waals surface area (Å²) in [5, 5.41) is 1.22. The van der Waals surface area contributed by atoms with E-state index in [-0.39, 0.29) is 24.5 Å². The van der Waals surface area contributed by atoms with Crippen molar-refractivity contribution in [2.45, 2.75) is 17.6 Å². The van der Waals surface area contributed by atoms with Crippen LogP contribution in [0.2, 0.25) is 0 Å². The Hall–Kier alpha value is -1.26. The van der Waals surface area contributed by atoms with Gasteiger partial charge in [0.05, 0.1) is 5.75 Å². The number of hydrogen-bond donors (Lipinski definition) is 0. The number of amides is 1. The third-order valence-electron chi connectivity index (χ3n) is 2.95. The van der Waals surface area contributed by atoms with E-state index in [1.807, 2.05) is 47.7 Å². The molecule has 3 nitrogen and oxygen atoms in total. The molecule has 3 rings (SSSR count). The molecule has 1 atom stereocenters. The van der Waals surface area contributed by atoms with E-state index in [9.17, 15) is 4.79 Å². The van der Waals surface area contributed by atoms with Gasteiger partial charge in [-0.1, -0.05) is 12.2 Å². The number of halogens is 1. The molecule has 1 unspecified atom stereocenters. The summed E-state index contributed by atoms with van der Waals surface area (Å²) < 4.78 is 2.16. The molecule has 2 aliphatic heterocycles. The number of nitrogens with zero attached hydrogens (tertiary/aromatic N) is 2. The van der Waals surface area contributed by atoms with Crippen LogP contribution in [0.15, 0.2) is 53.8 Å². The molecule has 0 aliphatic carbocycles. The second kappa shape index (κ2) is 5.59. The van der Waals surface area contributed by atoms with Gasteiger partial charge in [0, 0.05) is 24.8 Å². The summed E-state index contributed by atoms with van der Waals surface area (Å²) in [5.41, 5.74) is 0. The van der Waals surface area contributed by atoms with Gasteiger partial charge in [-0.25, -0.2) is 0 Å². The molecule has 3 heterocycles. The largest absolute Gasteiger partial charge is 1.00 e. The lowest BCUT2D eigenvalue weighted by atomic mass is 10.3. The first kappa shape index (κ1) is 13.2. The first-order chi connectivity index (χ1) is 8.36. The highest BCUT2D eigenvalue weighted by molar-refractivity contribution is 7.99. The van der Waals surface area contributed by atoms with Gasteiger partial charge in [-0.3, -0.25) is 9.69 Å². The zero-order chi connectivity index (χ0) is 11.7. The Balaban J connectivity index is 0.00000120. The maximum Gasteiger partial charge on any atom is 0.250 e. The smallest absolute Gasteiger partial charge is 0.250 e. The monoisotopic (exact) mass is 280 g/mol. The molecule has 1 aromatic rings. The molecule has 94 valence electrons. The number of hydrogen-bond acceptors (Lipinski definition) is 2. The number of carbonyl (C=O) groups is 1. The molecule has 5 heteroatoms. The van der Waals surface area contributed by atoms with Crippen LogP contribution < -0.4 is 17.0 Å². The number of pyridine rings is 1. The van der Waals surface area contributed by atoms with Crippen LogP contribution in [0.5, 0.6) is 0 Å². The molecule has 0 bridgehead atoms.